The Balaban J connectivity index is 0.000000581. The van der Waals surface area contributed by atoms with Crippen molar-refractivity contribution in [3.63, 3.8) is 0 Å². The van der Waals surface area contributed by atoms with Gasteiger partial charge in [0.1, 0.15) is 0 Å². The monoisotopic (exact) mass is 232 g/mol. The minimum absolute atomic E-state index is 0.000556. The predicted molar refractivity (Wildman–Crippen MR) is 78.2 cm³/mol. The molecule has 1 aromatic rings. The summed E-state index contributed by atoms with van der Waals surface area (Å²) in [7, 11) is 0. The first-order chi connectivity index (χ1) is 8.25. The van der Waals surface area contributed by atoms with E-state index in [4.69, 9.17) is 0 Å². The zero-order valence-corrected chi connectivity index (χ0v) is 11.9. The van der Waals surface area contributed by atoms with Crippen molar-refractivity contribution in [1.82, 2.24) is 0 Å². The third kappa shape index (κ3) is 4.94. The lowest BCUT2D eigenvalue weighted by Gasteiger charge is -2.03. The summed E-state index contributed by atoms with van der Waals surface area (Å²) in [5, 5.41) is 0. The normalized spacial score (nSPS) is 16.4. The minimum Gasteiger partial charge on any atom is -0.260 e. The molecule has 0 amide bonds. The molecule has 0 bridgehead atoms. The molecule has 17 heavy (non-hydrogen) atoms. The van der Waals surface area contributed by atoms with Crippen molar-refractivity contribution >= 4 is 11.9 Å². The average molecular weight is 232 g/mol. The molecule has 0 N–H and O–H groups in total. The number of hydrogen-bond acceptors (Lipinski definition) is 2. The Kier molecular flexibility index (Phi) is 7.95. The summed E-state index contributed by atoms with van der Waals surface area (Å²) in [4.78, 5) is 8.67. The molecule has 0 saturated carbocycles. The van der Waals surface area contributed by atoms with Crippen LogP contribution in [-0.4, -0.2) is 11.9 Å². The summed E-state index contributed by atoms with van der Waals surface area (Å²) in [6.07, 6.45) is 1.82. The van der Waals surface area contributed by atoms with Crippen LogP contribution in [0, 0.1) is 6.92 Å². The smallest absolute Gasteiger partial charge is 0.165 e. The molecule has 94 valence electrons. The fourth-order valence-corrected chi connectivity index (χ4v) is 1.34. The van der Waals surface area contributed by atoms with Crippen LogP contribution in [-0.2, 0) is 0 Å². The van der Waals surface area contributed by atoms with Crippen LogP contribution < -0.4 is 0 Å². The molecule has 0 fully saturated rings. The van der Waals surface area contributed by atoms with E-state index in [0.29, 0.717) is 0 Å². The highest BCUT2D eigenvalue weighted by atomic mass is 15.0. The van der Waals surface area contributed by atoms with Crippen molar-refractivity contribution in [2.75, 3.05) is 0 Å². The van der Waals surface area contributed by atoms with E-state index in [-0.39, 0.29) is 6.17 Å². The molecule has 2 heteroatoms. The van der Waals surface area contributed by atoms with E-state index in [9.17, 15) is 0 Å². The average Bonchev–Trinajstić information content (AvgIpc) is 2.82. The lowest BCUT2D eigenvalue weighted by molar-refractivity contribution is 0.799. The maximum absolute atomic E-state index is 4.38. The van der Waals surface area contributed by atoms with Crippen molar-refractivity contribution in [3.05, 3.63) is 35.4 Å². The van der Waals surface area contributed by atoms with Gasteiger partial charge in [0.2, 0.25) is 0 Å². The third-order valence-corrected chi connectivity index (χ3v) is 2.10. The van der Waals surface area contributed by atoms with Crippen molar-refractivity contribution in [2.24, 2.45) is 9.98 Å². The van der Waals surface area contributed by atoms with Gasteiger partial charge in [-0.3, -0.25) is 9.98 Å². The Hall–Kier alpha value is -1.44. The van der Waals surface area contributed by atoms with Gasteiger partial charge in [0.25, 0.3) is 0 Å². The SMILES string of the molecule is CC.CC.CC1=NC(c2ccc(C)cc2)N=C1. The molecule has 1 aliphatic rings. The van der Waals surface area contributed by atoms with Gasteiger partial charge in [-0.1, -0.05) is 57.5 Å². The quantitative estimate of drug-likeness (QED) is 0.676. The Bertz CT molecular complexity index is 361. The number of aliphatic imine (C=N–C) groups is 2. The van der Waals surface area contributed by atoms with Crippen LogP contribution in [0.1, 0.15) is 51.9 Å². The molecule has 1 heterocycles. The largest absolute Gasteiger partial charge is 0.260 e. The number of nitrogens with zero attached hydrogens (tertiary/aromatic N) is 2. The summed E-state index contributed by atoms with van der Waals surface area (Å²) in [5.74, 6) is 0. The van der Waals surface area contributed by atoms with E-state index < -0.39 is 0 Å². The first-order valence-electron chi connectivity index (χ1n) is 6.40. The molecule has 2 nitrogen and oxygen atoms in total. The van der Waals surface area contributed by atoms with E-state index >= 15 is 0 Å². The second-order valence-corrected chi connectivity index (χ2v) is 3.33. The Morgan fingerprint density at radius 2 is 1.41 bits per heavy atom. The first kappa shape index (κ1) is 15.6. The topological polar surface area (TPSA) is 24.7 Å². The van der Waals surface area contributed by atoms with Crippen LogP contribution in [0.15, 0.2) is 34.3 Å². The number of benzene rings is 1. The third-order valence-electron chi connectivity index (χ3n) is 2.10. The van der Waals surface area contributed by atoms with Crippen LogP contribution in [0.2, 0.25) is 0 Å². The van der Waals surface area contributed by atoms with Crippen molar-refractivity contribution < 1.29 is 0 Å². The fraction of sp³-hybridized carbons (Fsp3) is 0.467. The van der Waals surface area contributed by atoms with Gasteiger partial charge in [-0.05, 0) is 19.4 Å². The standard InChI is InChI=1S/C11H12N2.2C2H6/c1-8-3-5-10(6-4-8)11-12-7-9(2)13-11;2*1-2/h3-7,11H,1-2H3;2*1-2H3. The Labute approximate surface area is 106 Å². The van der Waals surface area contributed by atoms with E-state index in [2.05, 4.69) is 41.2 Å². The summed E-state index contributed by atoms with van der Waals surface area (Å²) in [5.41, 5.74) is 3.44. The van der Waals surface area contributed by atoms with Gasteiger partial charge in [-0.25, -0.2) is 0 Å². The van der Waals surface area contributed by atoms with Gasteiger partial charge in [0, 0.05) is 6.21 Å². The minimum atomic E-state index is 0.000556. The molecule has 0 aromatic heterocycles. The van der Waals surface area contributed by atoms with Crippen LogP contribution in [0.3, 0.4) is 0 Å². The van der Waals surface area contributed by atoms with Gasteiger partial charge in [-0.15, -0.1) is 0 Å². The highest BCUT2D eigenvalue weighted by Crippen LogP contribution is 2.21. The molecular formula is C15H24N2. The Morgan fingerprint density at radius 3 is 1.82 bits per heavy atom. The first-order valence-corrected chi connectivity index (χ1v) is 6.40. The summed E-state index contributed by atoms with van der Waals surface area (Å²) in [6, 6.07) is 8.35. The van der Waals surface area contributed by atoms with Gasteiger partial charge in [0.15, 0.2) is 6.17 Å². The fourth-order valence-electron chi connectivity index (χ4n) is 1.34. The molecule has 0 radical (unpaired) electrons. The number of aryl methyl sites for hydroxylation is 1. The lowest BCUT2D eigenvalue weighted by atomic mass is 10.1. The summed E-state index contributed by atoms with van der Waals surface area (Å²) >= 11 is 0. The van der Waals surface area contributed by atoms with Crippen molar-refractivity contribution in [3.8, 4) is 0 Å². The summed E-state index contributed by atoms with van der Waals surface area (Å²) in [6.45, 7) is 12.0. The van der Waals surface area contributed by atoms with Crippen LogP contribution in [0.25, 0.3) is 0 Å². The molecular weight excluding hydrogens is 208 g/mol. The highest BCUT2D eigenvalue weighted by molar-refractivity contribution is 6.30. The molecule has 1 unspecified atom stereocenters. The lowest BCUT2D eigenvalue weighted by Crippen LogP contribution is -1.89. The maximum atomic E-state index is 4.38. The second kappa shape index (κ2) is 8.68. The van der Waals surface area contributed by atoms with Gasteiger partial charge < -0.3 is 0 Å². The molecule has 0 aliphatic carbocycles. The molecule has 0 spiro atoms. The van der Waals surface area contributed by atoms with Gasteiger partial charge in [0.05, 0.1) is 5.71 Å². The van der Waals surface area contributed by atoms with Gasteiger partial charge >= 0.3 is 0 Å². The summed E-state index contributed by atoms with van der Waals surface area (Å²) < 4.78 is 0. The molecule has 2 rings (SSSR count). The molecule has 1 atom stereocenters. The second-order valence-electron chi connectivity index (χ2n) is 3.33. The van der Waals surface area contributed by atoms with Gasteiger partial charge in [-0.2, -0.15) is 0 Å². The van der Waals surface area contributed by atoms with Crippen molar-refractivity contribution in [2.45, 2.75) is 47.7 Å². The predicted octanol–water partition coefficient (Wildman–Crippen LogP) is 4.59. The van der Waals surface area contributed by atoms with E-state index in [1.807, 2.05) is 40.8 Å². The zero-order chi connectivity index (χ0) is 13.3. The zero-order valence-electron chi connectivity index (χ0n) is 11.9. The molecule has 1 aromatic carbocycles. The van der Waals surface area contributed by atoms with Crippen molar-refractivity contribution in [1.29, 1.82) is 0 Å². The van der Waals surface area contributed by atoms with Crippen LogP contribution in [0.5, 0.6) is 0 Å². The van der Waals surface area contributed by atoms with E-state index in [1.54, 1.807) is 0 Å². The number of hydrogen-bond donors (Lipinski definition) is 0. The van der Waals surface area contributed by atoms with E-state index in [0.717, 1.165) is 5.71 Å². The number of rotatable bonds is 1. The maximum Gasteiger partial charge on any atom is 0.165 e. The highest BCUT2D eigenvalue weighted by Gasteiger charge is 2.10. The molecule has 1 aliphatic heterocycles. The Morgan fingerprint density at radius 1 is 0.882 bits per heavy atom. The van der Waals surface area contributed by atoms with Crippen LogP contribution >= 0.6 is 0 Å². The molecule has 0 saturated heterocycles. The van der Waals surface area contributed by atoms with Crippen LogP contribution in [0.4, 0.5) is 0 Å². The van der Waals surface area contributed by atoms with E-state index in [1.165, 1.54) is 11.1 Å².